The Morgan fingerprint density at radius 1 is 1.38 bits per heavy atom. The zero-order chi connectivity index (χ0) is 14.7. The van der Waals surface area contributed by atoms with Crippen molar-refractivity contribution in [2.24, 2.45) is 5.92 Å². The van der Waals surface area contributed by atoms with Gasteiger partial charge in [0, 0.05) is 17.6 Å². The molecule has 1 aromatic carbocycles. The number of rotatable bonds is 4. The molecule has 5 nitrogen and oxygen atoms in total. The van der Waals surface area contributed by atoms with Crippen LogP contribution in [0.25, 0.3) is 0 Å². The molecule has 1 saturated heterocycles. The normalized spacial score (nSPS) is 18.8. The summed E-state index contributed by atoms with van der Waals surface area (Å²) >= 11 is 3.33. The quantitative estimate of drug-likeness (QED) is 0.874. The van der Waals surface area contributed by atoms with E-state index in [0.29, 0.717) is 18.7 Å². The Labute approximate surface area is 137 Å². The van der Waals surface area contributed by atoms with Crippen LogP contribution in [0.4, 0.5) is 0 Å². The third-order valence-corrected chi connectivity index (χ3v) is 3.85. The lowest BCUT2D eigenvalue weighted by Crippen LogP contribution is -2.39. The van der Waals surface area contributed by atoms with Crippen LogP contribution < -0.4 is 4.74 Å². The molecule has 1 fully saturated rings. The molecule has 1 heterocycles. The number of carbonyl (C=O) groups excluding carboxylic acids is 1. The number of halogens is 2. The van der Waals surface area contributed by atoms with E-state index in [4.69, 9.17) is 9.84 Å². The maximum Gasteiger partial charge on any atom is 0.308 e. The average molecular weight is 379 g/mol. The lowest BCUT2D eigenvalue weighted by atomic mass is 10.1. The summed E-state index contributed by atoms with van der Waals surface area (Å²) in [6.07, 6.45) is -0.116. The molecule has 2 atom stereocenters. The first-order chi connectivity index (χ1) is 9.47. The Bertz CT molecular complexity index is 508. The maximum atomic E-state index is 12.2. The van der Waals surface area contributed by atoms with Crippen LogP contribution in [-0.4, -0.2) is 41.1 Å². The van der Waals surface area contributed by atoms with Crippen LogP contribution in [0.3, 0.4) is 0 Å². The molecule has 0 aliphatic carbocycles. The Morgan fingerprint density at radius 3 is 2.52 bits per heavy atom. The second-order valence-corrected chi connectivity index (χ2v) is 5.74. The first kappa shape index (κ1) is 17.8. The molecule has 1 aromatic rings. The van der Waals surface area contributed by atoms with Gasteiger partial charge < -0.3 is 14.7 Å². The van der Waals surface area contributed by atoms with Crippen molar-refractivity contribution in [1.82, 2.24) is 4.90 Å². The number of benzene rings is 1. The Hall–Kier alpha value is -1.27. The van der Waals surface area contributed by atoms with Gasteiger partial charge in [0.1, 0.15) is 5.75 Å². The third-order valence-electron chi connectivity index (χ3n) is 3.32. The summed E-state index contributed by atoms with van der Waals surface area (Å²) in [5.74, 6) is -0.861. The number of carboxylic acids is 1. The number of nitrogens with zero attached hydrogens (tertiary/aromatic N) is 1. The monoisotopic (exact) mass is 377 g/mol. The van der Waals surface area contributed by atoms with E-state index in [-0.39, 0.29) is 24.9 Å². The van der Waals surface area contributed by atoms with E-state index >= 15 is 0 Å². The van der Waals surface area contributed by atoms with Crippen molar-refractivity contribution in [2.75, 3.05) is 13.1 Å². The minimum absolute atomic E-state index is 0. The summed E-state index contributed by atoms with van der Waals surface area (Å²) in [7, 11) is 0. The fourth-order valence-electron chi connectivity index (χ4n) is 2.19. The van der Waals surface area contributed by atoms with Gasteiger partial charge in [-0.1, -0.05) is 15.9 Å². The molecule has 1 aliphatic rings. The Balaban J connectivity index is 0.00000220. The molecular weight excluding hydrogens is 362 g/mol. The lowest BCUT2D eigenvalue weighted by molar-refractivity contribution is -0.142. The van der Waals surface area contributed by atoms with Gasteiger partial charge in [-0.3, -0.25) is 9.59 Å². The predicted octanol–water partition coefficient (Wildman–Crippen LogP) is 2.57. The summed E-state index contributed by atoms with van der Waals surface area (Å²) in [5.41, 5.74) is 0. The van der Waals surface area contributed by atoms with Crippen molar-refractivity contribution in [3.63, 3.8) is 0 Å². The number of ether oxygens (including phenoxy) is 1. The second kappa shape index (κ2) is 7.66. The highest BCUT2D eigenvalue weighted by molar-refractivity contribution is 9.10. The fraction of sp³-hybridized carbons (Fsp3) is 0.429. The molecule has 7 heteroatoms. The van der Waals surface area contributed by atoms with Crippen molar-refractivity contribution in [3.05, 3.63) is 28.7 Å². The van der Waals surface area contributed by atoms with Crippen molar-refractivity contribution in [3.8, 4) is 5.75 Å². The number of hydrogen-bond donors (Lipinski definition) is 1. The number of carbonyl (C=O) groups is 2. The summed E-state index contributed by atoms with van der Waals surface area (Å²) in [4.78, 5) is 24.6. The smallest absolute Gasteiger partial charge is 0.308 e. The van der Waals surface area contributed by atoms with E-state index in [0.717, 1.165) is 4.47 Å². The van der Waals surface area contributed by atoms with E-state index in [1.807, 2.05) is 12.1 Å². The molecule has 116 valence electrons. The van der Waals surface area contributed by atoms with E-state index in [1.54, 1.807) is 24.0 Å². The van der Waals surface area contributed by atoms with E-state index in [1.165, 1.54) is 0 Å². The molecule has 21 heavy (non-hydrogen) atoms. The van der Waals surface area contributed by atoms with Gasteiger partial charge in [-0.15, -0.1) is 12.4 Å². The standard InChI is InChI=1S/C14H16BrNO4.ClH/c1-9(20-12-4-2-11(15)3-5-12)13(17)16-7-6-10(8-16)14(18)19;/h2-5,9-10H,6-8H2,1H3,(H,18,19);1H. The first-order valence-electron chi connectivity index (χ1n) is 6.41. The van der Waals surface area contributed by atoms with Gasteiger partial charge in [0.05, 0.1) is 5.92 Å². The Kier molecular flexibility index (Phi) is 6.48. The van der Waals surface area contributed by atoms with Gasteiger partial charge in [-0.05, 0) is 37.6 Å². The molecule has 0 aromatic heterocycles. The van der Waals surface area contributed by atoms with Gasteiger partial charge in [0.15, 0.2) is 6.10 Å². The van der Waals surface area contributed by atoms with Crippen LogP contribution in [-0.2, 0) is 9.59 Å². The minimum Gasteiger partial charge on any atom is -0.481 e. The molecule has 0 spiro atoms. The number of amides is 1. The van der Waals surface area contributed by atoms with Crippen LogP contribution in [0.15, 0.2) is 28.7 Å². The number of hydrogen-bond acceptors (Lipinski definition) is 3. The molecule has 2 rings (SSSR count). The molecule has 1 aliphatic heterocycles. The van der Waals surface area contributed by atoms with Crippen molar-refractivity contribution >= 4 is 40.2 Å². The second-order valence-electron chi connectivity index (χ2n) is 4.82. The maximum absolute atomic E-state index is 12.2. The van der Waals surface area contributed by atoms with E-state index < -0.39 is 18.0 Å². The van der Waals surface area contributed by atoms with Crippen LogP contribution in [0.5, 0.6) is 5.75 Å². The van der Waals surface area contributed by atoms with Crippen molar-refractivity contribution in [1.29, 1.82) is 0 Å². The van der Waals surface area contributed by atoms with Crippen LogP contribution in [0.1, 0.15) is 13.3 Å². The Morgan fingerprint density at radius 2 is 2.00 bits per heavy atom. The van der Waals surface area contributed by atoms with Crippen LogP contribution >= 0.6 is 28.3 Å². The molecule has 2 unspecified atom stereocenters. The zero-order valence-electron chi connectivity index (χ0n) is 11.5. The number of likely N-dealkylation sites (tertiary alicyclic amines) is 1. The number of carboxylic acid groups (broad SMARTS) is 1. The topological polar surface area (TPSA) is 66.8 Å². The van der Waals surface area contributed by atoms with Gasteiger partial charge >= 0.3 is 5.97 Å². The summed E-state index contributed by atoms with van der Waals surface area (Å²) in [5, 5.41) is 8.94. The average Bonchev–Trinajstić information content (AvgIpc) is 2.90. The van der Waals surface area contributed by atoms with E-state index in [2.05, 4.69) is 15.9 Å². The third kappa shape index (κ3) is 4.61. The SMILES string of the molecule is CC(Oc1ccc(Br)cc1)C(=O)N1CCC(C(=O)O)C1.Cl. The molecular formula is C14H17BrClNO4. The highest BCUT2D eigenvalue weighted by atomic mass is 79.9. The molecule has 0 saturated carbocycles. The largest absolute Gasteiger partial charge is 0.481 e. The zero-order valence-corrected chi connectivity index (χ0v) is 13.9. The van der Waals surface area contributed by atoms with Gasteiger partial charge in [0.2, 0.25) is 0 Å². The van der Waals surface area contributed by atoms with Crippen LogP contribution in [0.2, 0.25) is 0 Å². The van der Waals surface area contributed by atoms with Crippen LogP contribution in [0, 0.1) is 5.92 Å². The van der Waals surface area contributed by atoms with Gasteiger partial charge in [-0.25, -0.2) is 0 Å². The minimum atomic E-state index is -0.846. The predicted molar refractivity (Wildman–Crippen MR) is 83.8 cm³/mol. The molecule has 0 radical (unpaired) electrons. The number of aliphatic carboxylic acids is 1. The highest BCUT2D eigenvalue weighted by Gasteiger charge is 2.33. The fourth-order valence-corrected chi connectivity index (χ4v) is 2.45. The molecule has 1 amide bonds. The van der Waals surface area contributed by atoms with Gasteiger partial charge in [-0.2, -0.15) is 0 Å². The lowest BCUT2D eigenvalue weighted by Gasteiger charge is -2.21. The van der Waals surface area contributed by atoms with Crippen molar-refractivity contribution < 1.29 is 19.4 Å². The van der Waals surface area contributed by atoms with Crippen molar-refractivity contribution in [2.45, 2.75) is 19.4 Å². The summed E-state index contributed by atoms with van der Waals surface area (Å²) in [6, 6.07) is 7.22. The molecule has 0 bridgehead atoms. The van der Waals surface area contributed by atoms with Gasteiger partial charge in [0.25, 0.3) is 5.91 Å². The molecule has 1 N–H and O–H groups in total. The summed E-state index contributed by atoms with van der Waals surface area (Å²) < 4.78 is 6.52. The summed E-state index contributed by atoms with van der Waals surface area (Å²) in [6.45, 7) is 2.42. The highest BCUT2D eigenvalue weighted by Crippen LogP contribution is 2.20. The van der Waals surface area contributed by atoms with E-state index in [9.17, 15) is 9.59 Å². The first-order valence-corrected chi connectivity index (χ1v) is 7.20.